The highest BCUT2D eigenvalue weighted by Crippen LogP contribution is 2.35. The van der Waals surface area contributed by atoms with Crippen LogP contribution in [0, 0.1) is 11.3 Å². The van der Waals surface area contributed by atoms with Crippen molar-refractivity contribution in [3.05, 3.63) is 22.5 Å². The molecule has 4 heterocycles. The standard InChI is InChI=1S/C20H23BrN4O3/c21-18-16-7-15(8-22)28-17(16)9-23-19(18)24-13-1-3-14(4-2-13)25-5-6-27-20(10-25)11-26-12-20/h7,9,13-14H,1-6,10-12H2,(H,23,24). The maximum Gasteiger partial charge on any atom is 0.204 e. The van der Waals surface area contributed by atoms with E-state index in [1.54, 1.807) is 12.3 Å². The molecule has 0 amide bonds. The first-order valence-electron chi connectivity index (χ1n) is 9.86. The average Bonchev–Trinajstić information content (AvgIpc) is 3.14. The van der Waals surface area contributed by atoms with Gasteiger partial charge >= 0.3 is 0 Å². The summed E-state index contributed by atoms with van der Waals surface area (Å²) in [6.45, 7) is 4.32. The SMILES string of the molecule is N#Cc1cc2c(Br)c(NC3CCC(N4CCOC5(COC5)C4)CC3)ncc2o1. The highest BCUT2D eigenvalue weighted by Gasteiger charge is 2.45. The number of pyridine rings is 1. The van der Waals surface area contributed by atoms with E-state index in [0.717, 1.165) is 61.4 Å². The maximum absolute atomic E-state index is 9.03. The van der Waals surface area contributed by atoms with Crippen LogP contribution in [-0.4, -0.2) is 60.5 Å². The first-order valence-corrected chi connectivity index (χ1v) is 10.7. The van der Waals surface area contributed by atoms with Crippen LogP contribution in [0.2, 0.25) is 0 Å². The van der Waals surface area contributed by atoms with Crippen LogP contribution in [0.25, 0.3) is 11.0 Å². The fourth-order valence-corrected chi connectivity index (χ4v) is 5.13. The number of furan rings is 1. The Morgan fingerprint density at radius 2 is 2.11 bits per heavy atom. The smallest absolute Gasteiger partial charge is 0.204 e. The van der Waals surface area contributed by atoms with E-state index in [9.17, 15) is 0 Å². The number of fused-ring (bicyclic) bond motifs is 1. The van der Waals surface area contributed by atoms with Crippen molar-refractivity contribution in [3.8, 4) is 6.07 Å². The summed E-state index contributed by atoms with van der Waals surface area (Å²) in [5.41, 5.74) is 0.587. The van der Waals surface area contributed by atoms with Crippen LogP contribution in [0.3, 0.4) is 0 Å². The molecule has 1 spiro atoms. The summed E-state index contributed by atoms with van der Waals surface area (Å²) in [4.78, 5) is 7.10. The Hall–Kier alpha value is -1.66. The monoisotopic (exact) mass is 446 g/mol. The van der Waals surface area contributed by atoms with E-state index in [0.29, 0.717) is 23.4 Å². The molecule has 1 saturated carbocycles. The number of hydrogen-bond donors (Lipinski definition) is 1. The third-order valence-electron chi connectivity index (χ3n) is 6.19. The lowest BCUT2D eigenvalue weighted by Crippen LogP contribution is -2.64. The summed E-state index contributed by atoms with van der Waals surface area (Å²) in [5.74, 6) is 1.12. The number of anilines is 1. The number of rotatable bonds is 3. The molecular formula is C20H23BrN4O3. The van der Waals surface area contributed by atoms with Crippen molar-refractivity contribution < 1.29 is 13.9 Å². The molecular weight excluding hydrogens is 424 g/mol. The van der Waals surface area contributed by atoms with Crippen LogP contribution < -0.4 is 5.32 Å². The van der Waals surface area contributed by atoms with Gasteiger partial charge < -0.3 is 19.2 Å². The first-order chi connectivity index (χ1) is 13.7. The molecule has 2 aromatic rings. The molecule has 0 atom stereocenters. The van der Waals surface area contributed by atoms with Crippen LogP contribution >= 0.6 is 15.9 Å². The van der Waals surface area contributed by atoms with Crippen molar-refractivity contribution in [2.75, 3.05) is 38.2 Å². The fourth-order valence-electron chi connectivity index (χ4n) is 4.60. The zero-order valence-electron chi connectivity index (χ0n) is 15.6. The summed E-state index contributed by atoms with van der Waals surface area (Å²) in [6, 6.07) is 4.82. The second-order valence-electron chi connectivity index (χ2n) is 8.07. The third-order valence-corrected chi connectivity index (χ3v) is 6.99. The minimum atomic E-state index is -0.0373. The summed E-state index contributed by atoms with van der Waals surface area (Å²) in [6.07, 6.45) is 6.28. The zero-order valence-corrected chi connectivity index (χ0v) is 17.2. The second-order valence-corrected chi connectivity index (χ2v) is 8.86. The fraction of sp³-hybridized carbons (Fsp3) is 0.600. The van der Waals surface area contributed by atoms with Crippen LogP contribution in [0.4, 0.5) is 5.82 Å². The lowest BCUT2D eigenvalue weighted by atomic mass is 9.88. The van der Waals surface area contributed by atoms with E-state index in [1.807, 2.05) is 6.07 Å². The van der Waals surface area contributed by atoms with E-state index >= 15 is 0 Å². The van der Waals surface area contributed by atoms with E-state index in [1.165, 1.54) is 12.8 Å². The molecule has 2 aliphatic heterocycles. The number of nitrogens with zero attached hydrogens (tertiary/aromatic N) is 3. The van der Waals surface area contributed by atoms with Gasteiger partial charge in [0.2, 0.25) is 5.76 Å². The van der Waals surface area contributed by atoms with Gasteiger partial charge in [-0.1, -0.05) is 0 Å². The topological polar surface area (TPSA) is 83.6 Å². The largest absolute Gasteiger partial charge is 0.444 e. The average molecular weight is 447 g/mol. The number of ether oxygens (including phenoxy) is 2. The third kappa shape index (κ3) is 3.30. The van der Waals surface area contributed by atoms with Gasteiger partial charge in [0.05, 0.1) is 30.5 Å². The minimum Gasteiger partial charge on any atom is -0.444 e. The Labute approximate surface area is 172 Å². The summed E-state index contributed by atoms with van der Waals surface area (Å²) in [5, 5.41) is 13.5. The van der Waals surface area contributed by atoms with Crippen molar-refractivity contribution in [3.63, 3.8) is 0 Å². The van der Waals surface area contributed by atoms with Gasteiger partial charge in [-0.2, -0.15) is 5.26 Å². The molecule has 3 fully saturated rings. The summed E-state index contributed by atoms with van der Waals surface area (Å²) >= 11 is 3.62. The van der Waals surface area contributed by atoms with Gasteiger partial charge in [0.15, 0.2) is 5.58 Å². The molecule has 148 valence electrons. The van der Waals surface area contributed by atoms with E-state index < -0.39 is 0 Å². The van der Waals surface area contributed by atoms with Crippen molar-refractivity contribution in [1.82, 2.24) is 9.88 Å². The molecule has 1 N–H and O–H groups in total. The lowest BCUT2D eigenvalue weighted by Gasteiger charge is -2.50. The van der Waals surface area contributed by atoms with Crippen LogP contribution in [0.5, 0.6) is 0 Å². The van der Waals surface area contributed by atoms with Gasteiger partial charge in [0.25, 0.3) is 0 Å². The first kappa shape index (κ1) is 18.4. The molecule has 7 nitrogen and oxygen atoms in total. The Kier molecular flexibility index (Phi) is 4.79. The van der Waals surface area contributed by atoms with Gasteiger partial charge in [0, 0.05) is 36.6 Å². The van der Waals surface area contributed by atoms with Gasteiger partial charge in [-0.25, -0.2) is 4.98 Å². The predicted octanol–water partition coefficient (Wildman–Crippen LogP) is 3.29. The summed E-state index contributed by atoms with van der Waals surface area (Å²) in [7, 11) is 0. The van der Waals surface area contributed by atoms with Crippen molar-refractivity contribution in [1.29, 1.82) is 5.26 Å². The molecule has 8 heteroatoms. The maximum atomic E-state index is 9.03. The van der Waals surface area contributed by atoms with Crippen molar-refractivity contribution >= 4 is 32.7 Å². The van der Waals surface area contributed by atoms with Crippen LogP contribution in [-0.2, 0) is 9.47 Å². The highest BCUT2D eigenvalue weighted by atomic mass is 79.9. The van der Waals surface area contributed by atoms with E-state index in [2.05, 4.69) is 31.1 Å². The molecule has 0 unspecified atom stereocenters. The quantitative estimate of drug-likeness (QED) is 0.773. The molecule has 28 heavy (non-hydrogen) atoms. The number of nitriles is 1. The Balaban J connectivity index is 1.21. The number of hydrogen-bond acceptors (Lipinski definition) is 7. The van der Waals surface area contributed by atoms with E-state index in [-0.39, 0.29) is 5.60 Å². The number of halogens is 1. The molecule has 0 bridgehead atoms. The summed E-state index contributed by atoms with van der Waals surface area (Å²) < 4.78 is 17.7. The molecule has 3 aliphatic rings. The Morgan fingerprint density at radius 3 is 2.82 bits per heavy atom. The van der Waals surface area contributed by atoms with Gasteiger partial charge in [-0.15, -0.1) is 0 Å². The Morgan fingerprint density at radius 1 is 1.29 bits per heavy atom. The highest BCUT2D eigenvalue weighted by molar-refractivity contribution is 9.10. The number of nitrogens with one attached hydrogen (secondary N) is 1. The van der Waals surface area contributed by atoms with Crippen LogP contribution in [0.1, 0.15) is 31.4 Å². The van der Waals surface area contributed by atoms with Gasteiger partial charge in [0.1, 0.15) is 17.5 Å². The minimum absolute atomic E-state index is 0.0373. The molecule has 2 saturated heterocycles. The normalized spacial score (nSPS) is 27.4. The van der Waals surface area contributed by atoms with E-state index in [4.69, 9.17) is 19.2 Å². The second kappa shape index (κ2) is 7.30. The van der Waals surface area contributed by atoms with Gasteiger partial charge in [-0.3, -0.25) is 4.90 Å². The number of aromatic nitrogens is 1. The molecule has 0 aromatic carbocycles. The van der Waals surface area contributed by atoms with Crippen molar-refractivity contribution in [2.45, 2.75) is 43.4 Å². The predicted molar refractivity (Wildman–Crippen MR) is 107 cm³/mol. The molecule has 2 aromatic heterocycles. The zero-order chi connectivity index (χ0) is 19.1. The number of morpholine rings is 1. The lowest BCUT2D eigenvalue weighted by molar-refractivity contribution is -0.242. The van der Waals surface area contributed by atoms with Gasteiger partial charge in [-0.05, 0) is 41.6 Å². The molecule has 0 radical (unpaired) electrons. The van der Waals surface area contributed by atoms with Crippen LogP contribution in [0.15, 0.2) is 21.2 Å². The molecule has 1 aliphatic carbocycles. The Bertz CT molecular complexity index is 912. The molecule has 5 rings (SSSR count). The van der Waals surface area contributed by atoms with Crippen molar-refractivity contribution in [2.24, 2.45) is 0 Å².